The molecule has 0 aliphatic rings. The van der Waals surface area contributed by atoms with Crippen LogP contribution in [0.5, 0.6) is 0 Å². The predicted octanol–water partition coefficient (Wildman–Crippen LogP) is 2.83. The van der Waals surface area contributed by atoms with Crippen molar-refractivity contribution in [2.24, 2.45) is 5.92 Å². The Balaban J connectivity index is 4.49. The highest BCUT2D eigenvalue weighted by Crippen LogP contribution is 2.13. The summed E-state index contributed by atoms with van der Waals surface area (Å²) in [4.78, 5) is 0. The van der Waals surface area contributed by atoms with E-state index in [2.05, 4.69) is 11.9 Å². The van der Waals surface area contributed by atoms with Crippen LogP contribution >= 0.6 is 0 Å². The summed E-state index contributed by atoms with van der Waals surface area (Å²) >= 11 is 0. The van der Waals surface area contributed by atoms with Crippen LogP contribution in [0.2, 0.25) is 0 Å². The number of likely N-dealkylation sites (N-methyl/N-ethyl adjacent to an activating group) is 1. The summed E-state index contributed by atoms with van der Waals surface area (Å²) in [6.45, 7) is 7.92. The van der Waals surface area contributed by atoms with Crippen LogP contribution in [-0.2, 0) is 0 Å². The van der Waals surface area contributed by atoms with Gasteiger partial charge in [-0.05, 0) is 24.6 Å². The highest BCUT2D eigenvalue weighted by Gasteiger charge is 2.00. The van der Waals surface area contributed by atoms with E-state index < -0.39 is 0 Å². The molecule has 0 amide bonds. The second-order valence-electron chi connectivity index (χ2n) is 3.18. The standard InChI is InChI=1S/C11H18FN/c1-5-6-10(9(2)3)7-11(12)8-13-4/h5-7,9,13H,1,8H2,2-4H3/b10-6+,11-7+. The average Bonchev–Trinajstić information content (AvgIpc) is 2.04. The van der Waals surface area contributed by atoms with Crippen LogP contribution < -0.4 is 5.32 Å². The average molecular weight is 183 g/mol. The Kier molecular flexibility index (Phi) is 6.15. The van der Waals surface area contributed by atoms with Crippen molar-refractivity contribution in [3.8, 4) is 0 Å². The van der Waals surface area contributed by atoms with Gasteiger partial charge in [0.2, 0.25) is 0 Å². The van der Waals surface area contributed by atoms with Crippen molar-refractivity contribution in [2.45, 2.75) is 13.8 Å². The van der Waals surface area contributed by atoms with E-state index >= 15 is 0 Å². The summed E-state index contributed by atoms with van der Waals surface area (Å²) < 4.78 is 13.1. The Bertz CT molecular complexity index is 214. The molecule has 0 aliphatic heterocycles. The second-order valence-corrected chi connectivity index (χ2v) is 3.18. The van der Waals surface area contributed by atoms with Crippen molar-refractivity contribution in [2.75, 3.05) is 13.6 Å². The lowest BCUT2D eigenvalue weighted by molar-refractivity contribution is 0.588. The van der Waals surface area contributed by atoms with Gasteiger partial charge in [0, 0.05) is 6.54 Å². The van der Waals surface area contributed by atoms with Gasteiger partial charge in [-0.1, -0.05) is 32.6 Å². The Morgan fingerprint density at radius 2 is 2.15 bits per heavy atom. The van der Waals surface area contributed by atoms with E-state index in [1.165, 1.54) is 0 Å². The van der Waals surface area contributed by atoms with Crippen molar-refractivity contribution < 1.29 is 4.39 Å². The maximum Gasteiger partial charge on any atom is 0.114 e. The minimum Gasteiger partial charge on any atom is -0.314 e. The number of allylic oxidation sites excluding steroid dienone is 4. The topological polar surface area (TPSA) is 12.0 Å². The van der Waals surface area contributed by atoms with Gasteiger partial charge in [-0.15, -0.1) is 0 Å². The molecule has 0 saturated heterocycles. The summed E-state index contributed by atoms with van der Waals surface area (Å²) in [5, 5.41) is 2.76. The first-order valence-electron chi connectivity index (χ1n) is 4.45. The third kappa shape index (κ3) is 5.36. The quantitative estimate of drug-likeness (QED) is 0.646. The molecule has 0 fully saturated rings. The van der Waals surface area contributed by atoms with Crippen LogP contribution in [0, 0.1) is 5.92 Å². The molecular formula is C11H18FN. The van der Waals surface area contributed by atoms with Gasteiger partial charge in [-0.3, -0.25) is 0 Å². The van der Waals surface area contributed by atoms with Crippen LogP contribution in [0.15, 0.2) is 36.2 Å². The molecule has 0 heterocycles. The zero-order valence-corrected chi connectivity index (χ0v) is 8.60. The van der Waals surface area contributed by atoms with E-state index in [4.69, 9.17) is 0 Å². The molecule has 1 N–H and O–H groups in total. The fourth-order valence-electron chi connectivity index (χ4n) is 0.944. The monoisotopic (exact) mass is 183 g/mol. The normalized spacial score (nSPS) is 13.6. The first kappa shape index (κ1) is 12.1. The molecule has 2 heteroatoms. The van der Waals surface area contributed by atoms with Gasteiger partial charge in [-0.25, -0.2) is 4.39 Å². The molecule has 0 radical (unpaired) electrons. The van der Waals surface area contributed by atoms with E-state index in [0.717, 1.165) is 5.57 Å². The lowest BCUT2D eigenvalue weighted by Gasteiger charge is -2.05. The maximum absolute atomic E-state index is 13.1. The van der Waals surface area contributed by atoms with Gasteiger partial charge >= 0.3 is 0 Å². The Labute approximate surface area is 80.0 Å². The molecule has 0 atom stereocenters. The molecule has 13 heavy (non-hydrogen) atoms. The van der Waals surface area contributed by atoms with Gasteiger partial charge in [0.15, 0.2) is 0 Å². The first-order valence-corrected chi connectivity index (χ1v) is 4.45. The van der Waals surface area contributed by atoms with Crippen molar-refractivity contribution >= 4 is 0 Å². The molecule has 0 aromatic carbocycles. The van der Waals surface area contributed by atoms with Crippen molar-refractivity contribution in [3.05, 3.63) is 36.2 Å². The van der Waals surface area contributed by atoms with Gasteiger partial charge in [-0.2, -0.15) is 0 Å². The summed E-state index contributed by atoms with van der Waals surface area (Å²) in [6, 6.07) is 0. The fraction of sp³-hybridized carbons (Fsp3) is 0.455. The van der Waals surface area contributed by atoms with E-state index in [1.54, 1.807) is 19.2 Å². The largest absolute Gasteiger partial charge is 0.314 e. The molecule has 0 spiro atoms. The van der Waals surface area contributed by atoms with E-state index in [0.29, 0.717) is 5.92 Å². The highest BCUT2D eigenvalue weighted by molar-refractivity contribution is 5.26. The Hall–Kier alpha value is -0.890. The molecular weight excluding hydrogens is 165 g/mol. The molecule has 0 unspecified atom stereocenters. The van der Waals surface area contributed by atoms with Crippen LogP contribution in [0.4, 0.5) is 4.39 Å². The summed E-state index contributed by atoms with van der Waals surface area (Å²) in [7, 11) is 1.72. The maximum atomic E-state index is 13.1. The first-order chi connectivity index (χ1) is 6.11. The third-order valence-corrected chi connectivity index (χ3v) is 1.65. The minimum absolute atomic E-state index is 0.149. The minimum atomic E-state index is -0.149. The fourth-order valence-corrected chi connectivity index (χ4v) is 0.944. The van der Waals surface area contributed by atoms with Crippen molar-refractivity contribution in [3.63, 3.8) is 0 Å². The third-order valence-electron chi connectivity index (χ3n) is 1.65. The Morgan fingerprint density at radius 1 is 1.54 bits per heavy atom. The summed E-state index contributed by atoms with van der Waals surface area (Å²) in [6.07, 6.45) is 5.07. The van der Waals surface area contributed by atoms with E-state index in [9.17, 15) is 4.39 Å². The highest BCUT2D eigenvalue weighted by atomic mass is 19.1. The van der Waals surface area contributed by atoms with Crippen molar-refractivity contribution in [1.29, 1.82) is 0 Å². The van der Waals surface area contributed by atoms with Gasteiger partial charge in [0.1, 0.15) is 5.83 Å². The lowest BCUT2D eigenvalue weighted by atomic mass is 10.0. The van der Waals surface area contributed by atoms with Gasteiger partial charge < -0.3 is 5.32 Å². The molecule has 74 valence electrons. The number of halogens is 1. The van der Waals surface area contributed by atoms with Crippen LogP contribution in [0.3, 0.4) is 0 Å². The molecule has 0 aliphatic carbocycles. The summed E-state index contributed by atoms with van der Waals surface area (Å²) in [5.41, 5.74) is 0.961. The molecule has 1 nitrogen and oxygen atoms in total. The zero-order chi connectivity index (χ0) is 10.3. The van der Waals surface area contributed by atoms with E-state index in [1.807, 2.05) is 19.9 Å². The Morgan fingerprint density at radius 3 is 2.54 bits per heavy atom. The molecule has 0 aromatic heterocycles. The molecule has 0 bridgehead atoms. The molecule has 0 rings (SSSR count). The summed E-state index contributed by atoms with van der Waals surface area (Å²) in [5.74, 6) is 0.171. The predicted molar refractivity (Wildman–Crippen MR) is 56.2 cm³/mol. The number of hydrogen-bond donors (Lipinski definition) is 1. The SMILES string of the molecule is C=C/C=C(\C=C(\F)CNC)C(C)C. The van der Waals surface area contributed by atoms with Crippen LogP contribution in [0.25, 0.3) is 0 Å². The smallest absolute Gasteiger partial charge is 0.114 e. The van der Waals surface area contributed by atoms with Crippen LogP contribution in [0.1, 0.15) is 13.8 Å². The van der Waals surface area contributed by atoms with Gasteiger partial charge in [0.25, 0.3) is 0 Å². The zero-order valence-electron chi connectivity index (χ0n) is 8.60. The van der Waals surface area contributed by atoms with Crippen LogP contribution in [-0.4, -0.2) is 13.6 Å². The number of nitrogens with one attached hydrogen (secondary N) is 1. The van der Waals surface area contributed by atoms with Crippen molar-refractivity contribution in [1.82, 2.24) is 5.32 Å². The second kappa shape index (κ2) is 6.61. The van der Waals surface area contributed by atoms with Gasteiger partial charge in [0.05, 0.1) is 0 Å². The molecule has 0 saturated carbocycles. The number of rotatable bonds is 5. The lowest BCUT2D eigenvalue weighted by Crippen LogP contribution is -2.08. The van der Waals surface area contributed by atoms with E-state index in [-0.39, 0.29) is 12.4 Å². The number of hydrogen-bond acceptors (Lipinski definition) is 1. The molecule has 0 aromatic rings.